The van der Waals surface area contributed by atoms with Crippen molar-refractivity contribution >= 4 is 0 Å². The molecule has 0 aliphatic heterocycles. The molecule has 3 rings (SSSR count). The molecule has 0 spiro atoms. The minimum Gasteiger partial charge on any atom is -0.494 e. The molecule has 3 heteroatoms. The topological polar surface area (TPSA) is 38.7 Å². The Kier molecular flexibility index (Phi) is 6.37. The maximum atomic E-state index is 11.0. The number of rotatable bonds is 8. The fourth-order valence-corrected chi connectivity index (χ4v) is 3.18. The first-order valence-corrected chi connectivity index (χ1v) is 9.72. The van der Waals surface area contributed by atoms with Crippen LogP contribution in [-0.2, 0) is 11.8 Å². The molecule has 0 radical (unpaired) electrons. The molecule has 0 aliphatic carbocycles. The Bertz CT molecular complexity index is 870. The molecule has 28 heavy (non-hydrogen) atoms. The number of aliphatic hydroxyl groups is 1. The van der Waals surface area contributed by atoms with Gasteiger partial charge in [-0.15, -0.1) is 0 Å². The predicted octanol–water partition coefficient (Wildman–Crippen LogP) is 5.76. The van der Waals surface area contributed by atoms with Crippen LogP contribution in [0.5, 0.6) is 17.2 Å². The summed E-state index contributed by atoms with van der Waals surface area (Å²) in [5, 5.41) is 11.0. The lowest BCUT2D eigenvalue weighted by molar-refractivity contribution is 0.0999. The quantitative estimate of drug-likeness (QED) is 0.543. The number of benzene rings is 3. The summed E-state index contributed by atoms with van der Waals surface area (Å²) in [6, 6.07) is 25.6. The molecule has 1 unspecified atom stereocenters. The van der Waals surface area contributed by atoms with Gasteiger partial charge in [-0.3, -0.25) is 0 Å². The molecule has 0 saturated carbocycles. The van der Waals surface area contributed by atoms with Crippen molar-refractivity contribution in [1.82, 2.24) is 0 Å². The van der Waals surface area contributed by atoms with Gasteiger partial charge in [-0.2, -0.15) is 0 Å². The summed E-state index contributed by atoms with van der Waals surface area (Å²) in [5.74, 6) is 2.42. The van der Waals surface area contributed by atoms with E-state index >= 15 is 0 Å². The van der Waals surface area contributed by atoms with Gasteiger partial charge in [0.05, 0.1) is 12.7 Å². The van der Waals surface area contributed by atoms with E-state index in [0.717, 1.165) is 28.4 Å². The van der Waals surface area contributed by atoms with Crippen LogP contribution in [0.4, 0.5) is 0 Å². The molecule has 0 aromatic heterocycles. The summed E-state index contributed by atoms with van der Waals surface area (Å²) in [6.07, 6.45) is 0.0177. The van der Waals surface area contributed by atoms with Crippen LogP contribution in [0.3, 0.4) is 0 Å². The normalized spacial score (nSPS) is 12.4. The van der Waals surface area contributed by atoms with E-state index in [-0.39, 0.29) is 5.41 Å². The molecule has 3 nitrogen and oxygen atoms in total. The highest BCUT2D eigenvalue weighted by atomic mass is 16.5. The number of aliphatic hydroxyl groups excluding tert-OH is 1. The highest BCUT2D eigenvalue weighted by molar-refractivity contribution is 5.36. The Hall–Kier alpha value is -2.78. The monoisotopic (exact) mass is 376 g/mol. The van der Waals surface area contributed by atoms with Crippen LogP contribution in [0.2, 0.25) is 0 Å². The van der Waals surface area contributed by atoms with Crippen LogP contribution < -0.4 is 9.47 Å². The first kappa shape index (κ1) is 20.0. The molecule has 0 bridgehead atoms. The van der Waals surface area contributed by atoms with Gasteiger partial charge in [0.25, 0.3) is 0 Å². The van der Waals surface area contributed by atoms with Crippen LogP contribution in [0.15, 0.2) is 78.9 Å². The summed E-state index contributed by atoms with van der Waals surface area (Å²) < 4.78 is 11.4. The van der Waals surface area contributed by atoms with Gasteiger partial charge in [-0.25, -0.2) is 0 Å². The van der Waals surface area contributed by atoms with Gasteiger partial charge in [0.1, 0.15) is 17.2 Å². The summed E-state index contributed by atoms with van der Waals surface area (Å²) in [7, 11) is 0. The number of ether oxygens (including phenoxy) is 2. The van der Waals surface area contributed by atoms with Crippen LogP contribution in [0, 0.1) is 0 Å². The van der Waals surface area contributed by atoms with Crippen molar-refractivity contribution in [2.75, 3.05) is 6.61 Å². The second-order valence-electron chi connectivity index (χ2n) is 7.46. The summed E-state index contributed by atoms with van der Waals surface area (Å²) in [6.45, 7) is 6.75. The molecule has 146 valence electrons. The van der Waals surface area contributed by atoms with Crippen molar-refractivity contribution in [3.05, 3.63) is 90.0 Å². The summed E-state index contributed by atoms with van der Waals surface area (Å²) >= 11 is 0. The van der Waals surface area contributed by atoms with Crippen LogP contribution >= 0.6 is 0 Å². The minimum atomic E-state index is -0.530. The number of hydrogen-bond donors (Lipinski definition) is 1. The van der Waals surface area contributed by atoms with Gasteiger partial charge >= 0.3 is 0 Å². The average Bonchev–Trinajstić information content (AvgIpc) is 2.70. The molecule has 3 aromatic rings. The molecular weight excluding hydrogens is 348 g/mol. The zero-order valence-corrected chi connectivity index (χ0v) is 16.8. The fourth-order valence-electron chi connectivity index (χ4n) is 3.18. The van der Waals surface area contributed by atoms with Gasteiger partial charge in [0.2, 0.25) is 0 Å². The Morgan fingerprint density at radius 3 is 2.18 bits per heavy atom. The lowest BCUT2D eigenvalue weighted by atomic mass is 9.77. The molecule has 0 heterocycles. The second kappa shape index (κ2) is 8.94. The molecule has 0 saturated heterocycles. The van der Waals surface area contributed by atoms with E-state index in [0.29, 0.717) is 13.0 Å². The van der Waals surface area contributed by atoms with Crippen molar-refractivity contribution in [3.8, 4) is 17.2 Å². The van der Waals surface area contributed by atoms with Gasteiger partial charge in [-0.05, 0) is 60.9 Å². The third kappa shape index (κ3) is 4.93. The van der Waals surface area contributed by atoms with E-state index in [1.54, 1.807) is 0 Å². The van der Waals surface area contributed by atoms with E-state index in [1.807, 2.05) is 85.8 Å². The van der Waals surface area contributed by atoms with E-state index in [2.05, 4.69) is 13.8 Å². The van der Waals surface area contributed by atoms with Gasteiger partial charge in [0, 0.05) is 5.41 Å². The largest absolute Gasteiger partial charge is 0.494 e. The Balaban J connectivity index is 1.70. The molecule has 0 aliphatic rings. The third-order valence-electron chi connectivity index (χ3n) is 5.05. The fraction of sp³-hybridized carbons (Fsp3) is 0.280. The molecular formula is C25H28O3. The van der Waals surface area contributed by atoms with Gasteiger partial charge in [-0.1, -0.05) is 56.3 Å². The predicted molar refractivity (Wildman–Crippen MR) is 113 cm³/mol. The molecule has 0 amide bonds. The first-order valence-electron chi connectivity index (χ1n) is 9.72. The third-order valence-corrected chi connectivity index (χ3v) is 5.05. The SMILES string of the molecule is CCOc1ccc(C(C)(C)C(O)Cc2cccc(Oc3ccccc3)c2)cc1. The first-order chi connectivity index (χ1) is 13.5. The van der Waals surface area contributed by atoms with Crippen molar-refractivity contribution in [2.45, 2.75) is 38.7 Å². The highest BCUT2D eigenvalue weighted by Gasteiger charge is 2.30. The Labute approximate surface area is 167 Å². The smallest absolute Gasteiger partial charge is 0.127 e. The van der Waals surface area contributed by atoms with Crippen molar-refractivity contribution in [1.29, 1.82) is 0 Å². The lowest BCUT2D eigenvalue weighted by Crippen LogP contribution is -2.35. The molecule has 3 aromatic carbocycles. The molecule has 0 fully saturated rings. The summed E-state index contributed by atoms with van der Waals surface area (Å²) in [5.41, 5.74) is 1.74. The Morgan fingerprint density at radius 2 is 1.50 bits per heavy atom. The van der Waals surface area contributed by atoms with Gasteiger partial charge < -0.3 is 14.6 Å². The summed E-state index contributed by atoms with van der Waals surface area (Å²) in [4.78, 5) is 0. The molecule has 1 atom stereocenters. The van der Waals surface area contributed by atoms with Crippen LogP contribution in [0.1, 0.15) is 31.9 Å². The molecule has 1 N–H and O–H groups in total. The van der Waals surface area contributed by atoms with Crippen LogP contribution in [-0.4, -0.2) is 17.8 Å². The number of para-hydroxylation sites is 1. The minimum absolute atomic E-state index is 0.388. The average molecular weight is 376 g/mol. The van der Waals surface area contributed by atoms with E-state index in [4.69, 9.17) is 9.47 Å². The maximum absolute atomic E-state index is 11.0. The zero-order chi connectivity index (χ0) is 20.0. The van der Waals surface area contributed by atoms with E-state index < -0.39 is 6.10 Å². The zero-order valence-electron chi connectivity index (χ0n) is 16.8. The van der Waals surface area contributed by atoms with E-state index in [9.17, 15) is 5.11 Å². The lowest BCUT2D eigenvalue weighted by Gasteiger charge is -2.31. The van der Waals surface area contributed by atoms with Crippen LogP contribution in [0.25, 0.3) is 0 Å². The van der Waals surface area contributed by atoms with E-state index in [1.165, 1.54) is 0 Å². The standard InChI is InChI=1S/C25H28O3/c1-4-27-21-15-13-20(14-16-21)25(2,3)24(26)18-19-9-8-12-23(17-19)28-22-10-6-5-7-11-22/h5-17,24,26H,4,18H2,1-3H3. The Morgan fingerprint density at radius 1 is 0.821 bits per heavy atom. The van der Waals surface area contributed by atoms with Crippen molar-refractivity contribution in [3.63, 3.8) is 0 Å². The maximum Gasteiger partial charge on any atom is 0.127 e. The van der Waals surface area contributed by atoms with Crippen molar-refractivity contribution < 1.29 is 14.6 Å². The highest BCUT2D eigenvalue weighted by Crippen LogP contribution is 2.31. The van der Waals surface area contributed by atoms with Crippen molar-refractivity contribution in [2.24, 2.45) is 0 Å². The number of hydrogen-bond acceptors (Lipinski definition) is 3. The second-order valence-corrected chi connectivity index (χ2v) is 7.46. The van der Waals surface area contributed by atoms with Gasteiger partial charge in [0.15, 0.2) is 0 Å².